The van der Waals surface area contributed by atoms with Crippen molar-refractivity contribution in [2.75, 3.05) is 30.4 Å². The number of anilines is 2. The molecule has 1 heterocycles. The van der Waals surface area contributed by atoms with Crippen molar-refractivity contribution in [3.8, 4) is 0 Å². The van der Waals surface area contributed by atoms with Crippen molar-refractivity contribution in [3.05, 3.63) is 18.2 Å². The Balaban J connectivity index is 2.43. The molecule has 1 aromatic rings. The number of amides is 1. The van der Waals surface area contributed by atoms with Crippen LogP contribution in [0.25, 0.3) is 0 Å². The molecule has 2 N–H and O–H groups in total. The maximum absolute atomic E-state index is 12.1. The first-order chi connectivity index (χ1) is 8.17. The molecule has 0 saturated heterocycles. The van der Waals surface area contributed by atoms with Gasteiger partial charge in [-0.15, -0.1) is 11.8 Å². The van der Waals surface area contributed by atoms with E-state index in [9.17, 15) is 4.79 Å². The van der Waals surface area contributed by atoms with E-state index >= 15 is 0 Å². The fourth-order valence-corrected chi connectivity index (χ4v) is 2.94. The van der Waals surface area contributed by atoms with Crippen LogP contribution in [-0.2, 0) is 4.79 Å². The molecule has 0 fully saturated rings. The van der Waals surface area contributed by atoms with E-state index in [1.807, 2.05) is 32.2 Å². The lowest BCUT2D eigenvalue weighted by Gasteiger charge is -2.32. The summed E-state index contributed by atoms with van der Waals surface area (Å²) in [5, 5.41) is 12.0. The summed E-state index contributed by atoms with van der Waals surface area (Å²) in [5.41, 5.74) is 1.86. The Bertz CT molecular complexity index is 437. The standard InChI is InChI=1S/C12H16N2O2S/c1-8-12(16)14(5-6-15)10-7-9(13-2)3-4-11(10)17-8/h3-4,7-8,13,15H,5-6H2,1-2H3. The van der Waals surface area contributed by atoms with Crippen molar-refractivity contribution in [1.29, 1.82) is 0 Å². The van der Waals surface area contributed by atoms with Crippen LogP contribution in [-0.4, -0.2) is 36.5 Å². The van der Waals surface area contributed by atoms with Gasteiger partial charge < -0.3 is 15.3 Å². The third-order valence-corrected chi connectivity index (χ3v) is 3.93. The number of carbonyl (C=O) groups excluding carboxylic acids is 1. The number of benzene rings is 1. The summed E-state index contributed by atoms with van der Waals surface area (Å²) in [4.78, 5) is 14.8. The zero-order valence-electron chi connectivity index (χ0n) is 9.93. The van der Waals surface area contributed by atoms with Crippen LogP contribution in [0.3, 0.4) is 0 Å². The van der Waals surface area contributed by atoms with Gasteiger partial charge in [0.2, 0.25) is 5.91 Å². The number of hydrogen-bond donors (Lipinski definition) is 2. The molecule has 1 aliphatic heterocycles. The number of carbonyl (C=O) groups is 1. The molecule has 4 nitrogen and oxygen atoms in total. The molecule has 5 heteroatoms. The maximum Gasteiger partial charge on any atom is 0.240 e. The monoisotopic (exact) mass is 252 g/mol. The third kappa shape index (κ3) is 2.25. The van der Waals surface area contributed by atoms with E-state index in [1.165, 1.54) is 0 Å². The minimum atomic E-state index is -0.0884. The van der Waals surface area contributed by atoms with E-state index < -0.39 is 0 Å². The number of aliphatic hydroxyl groups is 1. The number of fused-ring (bicyclic) bond motifs is 1. The molecular formula is C12H16N2O2S. The minimum Gasteiger partial charge on any atom is -0.395 e. The summed E-state index contributed by atoms with van der Waals surface area (Å²) in [6, 6.07) is 5.95. The first-order valence-electron chi connectivity index (χ1n) is 5.58. The Morgan fingerprint density at radius 3 is 2.94 bits per heavy atom. The SMILES string of the molecule is CNc1ccc2c(c1)N(CCO)C(=O)C(C)S2. The van der Waals surface area contributed by atoms with Gasteiger partial charge in [0.1, 0.15) is 0 Å². The molecular weight excluding hydrogens is 236 g/mol. The quantitative estimate of drug-likeness (QED) is 0.857. The van der Waals surface area contributed by atoms with E-state index in [1.54, 1.807) is 16.7 Å². The predicted octanol–water partition coefficient (Wildman–Crippen LogP) is 1.55. The zero-order chi connectivity index (χ0) is 12.4. The molecule has 1 unspecified atom stereocenters. The topological polar surface area (TPSA) is 52.6 Å². The van der Waals surface area contributed by atoms with Crippen LogP contribution in [0.2, 0.25) is 0 Å². The van der Waals surface area contributed by atoms with Crippen LogP contribution in [0.1, 0.15) is 6.92 Å². The number of hydrogen-bond acceptors (Lipinski definition) is 4. The van der Waals surface area contributed by atoms with Gasteiger partial charge in [-0.05, 0) is 25.1 Å². The lowest BCUT2D eigenvalue weighted by Crippen LogP contribution is -2.41. The highest BCUT2D eigenvalue weighted by atomic mass is 32.2. The Hall–Kier alpha value is -1.20. The van der Waals surface area contributed by atoms with Crippen LogP contribution in [0.15, 0.2) is 23.1 Å². The van der Waals surface area contributed by atoms with Gasteiger partial charge in [-0.2, -0.15) is 0 Å². The molecule has 0 aliphatic carbocycles. The highest BCUT2D eigenvalue weighted by Crippen LogP contribution is 2.40. The average Bonchev–Trinajstić information content (AvgIpc) is 2.34. The largest absolute Gasteiger partial charge is 0.395 e. The Kier molecular flexibility index (Phi) is 3.59. The van der Waals surface area contributed by atoms with Gasteiger partial charge in [0.25, 0.3) is 0 Å². The van der Waals surface area contributed by atoms with E-state index in [0.29, 0.717) is 6.54 Å². The molecule has 0 radical (unpaired) electrons. The van der Waals surface area contributed by atoms with E-state index in [4.69, 9.17) is 5.11 Å². The highest BCUT2D eigenvalue weighted by molar-refractivity contribution is 8.00. The normalized spacial score (nSPS) is 19.1. The fraction of sp³-hybridized carbons (Fsp3) is 0.417. The van der Waals surface area contributed by atoms with E-state index in [-0.39, 0.29) is 17.8 Å². The molecule has 0 bridgehead atoms. The van der Waals surface area contributed by atoms with Crippen molar-refractivity contribution >= 4 is 29.0 Å². The summed E-state index contributed by atoms with van der Waals surface area (Å²) in [7, 11) is 1.85. The zero-order valence-corrected chi connectivity index (χ0v) is 10.8. The van der Waals surface area contributed by atoms with Crippen LogP contribution in [0.4, 0.5) is 11.4 Å². The molecule has 0 aromatic heterocycles. The van der Waals surface area contributed by atoms with Crippen LogP contribution in [0.5, 0.6) is 0 Å². The molecule has 17 heavy (non-hydrogen) atoms. The minimum absolute atomic E-state index is 0.0215. The first kappa shape index (κ1) is 12.3. The van der Waals surface area contributed by atoms with Gasteiger partial charge in [-0.1, -0.05) is 0 Å². The third-order valence-electron chi connectivity index (χ3n) is 2.78. The molecule has 92 valence electrons. The Morgan fingerprint density at radius 2 is 2.29 bits per heavy atom. The second-order valence-corrected chi connectivity index (χ2v) is 5.29. The molecule has 1 aromatic carbocycles. The van der Waals surface area contributed by atoms with Gasteiger partial charge >= 0.3 is 0 Å². The summed E-state index contributed by atoms with van der Waals surface area (Å²) >= 11 is 1.57. The molecule has 0 saturated carbocycles. The number of nitrogens with one attached hydrogen (secondary N) is 1. The van der Waals surface area contributed by atoms with E-state index in [2.05, 4.69) is 5.32 Å². The van der Waals surface area contributed by atoms with Crippen molar-refractivity contribution in [1.82, 2.24) is 0 Å². The fourth-order valence-electron chi connectivity index (χ4n) is 1.89. The summed E-state index contributed by atoms with van der Waals surface area (Å²) in [6.07, 6.45) is 0. The lowest BCUT2D eigenvalue weighted by atomic mass is 10.2. The Labute approximate surface area is 105 Å². The van der Waals surface area contributed by atoms with Crippen molar-refractivity contribution < 1.29 is 9.90 Å². The molecule has 1 amide bonds. The van der Waals surface area contributed by atoms with E-state index in [0.717, 1.165) is 16.3 Å². The summed E-state index contributed by atoms with van der Waals surface area (Å²) in [6.45, 7) is 2.22. The molecule has 2 rings (SSSR count). The highest BCUT2D eigenvalue weighted by Gasteiger charge is 2.30. The predicted molar refractivity (Wildman–Crippen MR) is 70.7 cm³/mol. The average molecular weight is 252 g/mol. The number of nitrogens with zero attached hydrogens (tertiary/aromatic N) is 1. The van der Waals surface area contributed by atoms with Crippen molar-refractivity contribution in [2.24, 2.45) is 0 Å². The van der Waals surface area contributed by atoms with Crippen molar-refractivity contribution in [2.45, 2.75) is 17.1 Å². The maximum atomic E-state index is 12.1. The number of aliphatic hydroxyl groups excluding tert-OH is 1. The lowest BCUT2D eigenvalue weighted by molar-refractivity contribution is -0.118. The van der Waals surface area contributed by atoms with Gasteiger partial charge in [0.15, 0.2) is 0 Å². The second kappa shape index (κ2) is 4.98. The molecule has 0 spiro atoms. The van der Waals surface area contributed by atoms with Crippen molar-refractivity contribution in [3.63, 3.8) is 0 Å². The van der Waals surface area contributed by atoms with Crippen LogP contribution < -0.4 is 10.2 Å². The number of β-amino-alcohol motifs (C(OH)–C–C–N with tert-alkyl or cyclic N) is 1. The van der Waals surface area contributed by atoms with Gasteiger partial charge in [-0.3, -0.25) is 4.79 Å². The van der Waals surface area contributed by atoms with Gasteiger partial charge in [0, 0.05) is 24.2 Å². The smallest absolute Gasteiger partial charge is 0.240 e. The second-order valence-electron chi connectivity index (χ2n) is 3.91. The van der Waals surface area contributed by atoms with Crippen LogP contribution >= 0.6 is 11.8 Å². The molecule has 1 aliphatic rings. The van der Waals surface area contributed by atoms with Gasteiger partial charge in [-0.25, -0.2) is 0 Å². The summed E-state index contributed by atoms with van der Waals surface area (Å²) < 4.78 is 0. The number of rotatable bonds is 3. The summed E-state index contributed by atoms with van der Waals surface area (Å²) in [5.74, 6) is 0.0600. The van der Waals surface area contributed by atoms with Crippen LogP contribution in [0, 0.1) is 0 Å². The van der Waals surface area contributed by atoms with Gasteiger partial charge in [0.05, 0.1) is 17.5 Å². The first-order valence-corrected chi connectivity index (χ1v) is 6.46. The Morgan fingerprint density at radius 1 is 1.53 bits per heavy atom. The number of thioether (sulfide) groups is 1. The molecule has 1 atom stereocenters.